The Morgan fingerprint density at radius 3 is 1.91 bits per heavy atom. The molecule has 1 aliphatic heterocycles. The third-order valence-corrected chi connectivity index (χ3v) is 9.03. The van der Waals surface area contributed by atoms with Gasteiger partial charge in [-0.2, -0.15) is 26.3 Å². The van der Waals surface area contributed by atoms with Crippen LogP contribution < -0.4 is 0 Å². The van der Waals surface area contributed by atoms with Gasteiger partial charge >= 0.3 is 18.3 Å². The first-order valence-electron chi connectivity index (χ1n) is 16.0. The van der Waals surface area contributed by atoms with E-state index in [0.29, 0.717) is 23.5 Å². The molecule has 1 N–H and O–H groups in total. The minimum absolute atomic E-state index is 0.153. The van der Waals surface area contributed by atoms with E-state index in [1.807, 2.05) is 32.0 Å². The molecule has 0 aromatic heterocycles. The van der Waals surface area contributed by atoms with Crippen molar-refractivity contribution in [2.24, 2.45) is 11.8 Å². The van der Waals surface area contributed by atoms with Crippen LogP contribution in [0.2, 0.25) is 0 Å². The maximum atomic E-state index is 13.2. The third kappa shape index (κ3) is 9.84. The average Bonchev–Trinajstić information content (AvgIpc) is 2.99. The second-order valence-corrected chi connectivity index (χ2v) is 13.2. The number of aliphatic carboxylic acids is 1. The molecule has 9 heteroatoms. The quantitative estimate of drug-likeness (QED) is 0.199. The Kier molecular flexibility index (Phi) is 11.6. The Bertz CT molecular complexity index is 1420. The lowest BCUT2D eigenvalue weighted by Crippen LogP contribution is -2.34. The molecular formula is C37H43F6NO2. The number of nitrogens with zero attached hydrogens (tertiary/aromatic N) is 1. The predicted molar refractivity (Wildman–Crippen MR) is 169 cm³/mol. The van der Waals surface area contributed by atoms with E-state index in [2.05, 4.69) is 11.8 Å². The van der Waals surface area contributed by atoms with Gasteiger partial charge in [-0.25, -0.2) is 0 Å². The van der Waals surface area contributed by atoms with Gasteiger partial charge in [0.15, 0.2) is 0 Å². The Balaban J connectivity index is 1.39. The number of halogens is 6. The molecule has 1 heterocycles. The summed E-state index contributed by atoms with van der Waals surface area (Å²) in [6.07, 6.45) is -3.86. The standard InChI is InChI=1S/C37H43F6NO2/c1-24(2)19-34(35(45)46)31-22-29(27-8-12-33(13-9-27)37(41,42)43)21-30(23-31)28-14-17-44(18-15-28)16-4-5-25(3)20-26-6-10-32(11-7-26)36(38,39)40/h6-13,21-25,28,34H,4-5,14-20H2,1-3H3,(H,45,46). The summed E-state index contributed by atoms with van der Waals surface area (Å²) in [6, 6.07) is 16.2. The lowest BCUT2D eigenvalue weighted by molar-refractivity contribution is -0.139. The summed E-state index contributed by atoms with van der Waals surface area (Å²) in [5.74, 6) is -0.922. The minimum atomic E-state index is -4.44. The van der Waals surface area contributed by atoms with Crippen molar-refractivity contribution in [3.05, 3.63) is 94.5 Å². The lowest BCUT2D eigenvalue weighted by atomic mass is 9.82. The molecule has 250 valence electrons. The van der Waals surface area contributed by atoms with Gasteiger partial charge in [0.1, 0.15) is 0 Å². The number of hydrogen-bond donors (Lipinski definition) is 1. The SMILES string of the molecule is CC(C)CC(C(=O)O)c1cc(-c2ccc(C(F)(F)F)cc2)cc(C2CCN(CCCC(C)Cc3ccc(C(F)(F)F)cc3)CC2)c1. The minimum Gasteiger partial charge on any atom is -0.481 e. The molecule has 0 radical (unpaired) electrons. The zero-order valence-electron chi connectivity index (χ0n) is 26.6. The van der Waals surface area contributed by atoms with Gasteiger partial charge in [-0.15, -0.1) is 0 Å². The van der Waals surface area contributed by atoms with Gasteiger partial charge in [-0.05, 0) is 128 Å². The molecule has 1 aliphatic rings. The van der Waals surface area contributed by atoms with Gasteiger partial charge in [0.05, 0.1) is 17.0 Å². The predicted octanol–water partition coefficient (Wildman–Crippen LogP) is 10.4. The molecule has 0 aliphatic carbocycles. The number of likely N-dealkylation sites (tertiary alicyclic amines) is 1. The molecular weight excluding hydrogens is 604 g/mol. The number of rotatable bonds is 12. The molecule has 4 rings (SSSR count). The van der Waals surface area contributed by atoms with Crippen molar-refractivity contribution in [1.29, 1.82) is 0 Å². The molecule has 1 saturated heterocycles. The zero-order valence-corrected chi connectivity index (χ0v) is 26.6. The highest BCUT2D eigenvalue weighted by atomic mass is 19.4. The Morgan fingerprint density at radius 1 is 0.826 bits per heavy atom. The molecule has 3 aromatic rings. The maximum absolute atomic E-state index is 13.2. The van der Waals surface area contributed by atoms with E-state index in [1.54, 1.807) is 12.1 Å². The van der Waals surface area contributed by atoms with E-state index in [9.17, 15) is 36.2 Å². The van der Waals surface area contributed by atoms with Crippen molar-refractivity contribution in [2.75, 3.05) is 19.6 Å². The van der Waals surface area contributed by atoms with Crippen molar-refractivity contribution in [1.82, 2.24) is 4.90 Å². The lowest BCUT2D eigenvalue weighted by Gasteiger charge is -2.33. The average molecular weight is 648 g/mol. The van der Waals surface area contributed by atoms with Crippen LogP contribution in [0.5, 0.6) is 0 Å². The fourth-order valence-electron chi connectivity index (χ4n) is 6.47. The van der Waals surface area contributed by atoms with E-state index >= 15 is 0 Å². The summed E-state index contributed by atoms with van der Waals surface area (Å²) in [5.41, 5.74) is 2.58. The largest absolute Gasteiger partial charge is 0.481 e. The number of alkyl halides is 6. The normalized spacial score (nSPS) is 16.5. The van der Waals surface area contributed by atoms with Gasteiger partial charge in [0.2, 0.25) is 0 Å². The summed E-state index contributed by atoms with van der Waals surface area (Å²) in [4.78, 5) is 14.7. The topological polar surface area (TPSA) is 40.5 Å². The van der Waals surface area contributed by atoms with Crippen LogP contribution in [0.15, 0.2) is 66.7 Å². The first kappa shape index (κ1) is 35.5. The number of carboxylic acids is 1. The van der Waals surface area contributed by atoms with Crippen molar-refractivity contribution < 1.29 is 36.2 Å². The van der Waals surface area contributed by atoms with E-state index < -0.39 is 35.4 Å². The van der Waals surface area contributed by atoms with Gasteiger partial charge in [0, 0.05) is 0 Å². The number of carbonyl (C=O) groups is 1. The zero-order chi connectivity index (χ0) is 33.6. The molecule has 3 aromatic carbocycles. The molecule has 0 amide bonds. The smallest absolute Gasteiger partial charge is 0.416 e. The van der Waals surface area contributed by atoms with Crippen LogP contribution in [-0.4, -0.2) is 35.6 Å². The summed E-state index contributed by atoms with van der Waals surface area (Å²) >= 11 is 0. The van der Waals surface area contributed by atoms with Gasteiger partial charge in [0.25, 0.3) is 0 Å². The van der Waals surface area contributed by atoms with Gasteiger partial charge < -0.3 is 10.0 Å². The third-order valence-electron chi connectivity index (χ3n) is 9.03. The first-order chi connectivity index (χ1) is 21.6. The highest BCUT2D eigenvalue weighted by Crippen LogP contribution is 2.37. The Labute approximate surface area is 267 Å². The monoisotopic (exact) mass is 647 g/mol. The van der Waals surface area contributed by atoms with Crippen LogP contribution in [0.4, 0.5) is 26.3 Å². The van der Waals surface area contributed by atoms with Crippen LogP contribution in [-0.2, 0) is 23.6 Å². The van der Waals surface area contributed by atoms with E-state index in [-0.39, 0.29) is 11.8 Å². The van der Waals surface area contributed by atoms with Crippen LogP contribution in [0.1, 0.15) is 92.5 Å². The number of hydrogen-bond acceptors (Lipinski definition) is 2. The molecule has 1 fully saturated rings. The fourth-order valence-corrected chi connectivity index (χ4v) is 6.47. The van der Waals surface area contributed by atoms with E-state index in [0.717, 1.165) is 92.7 Å². The highest BCUT2D eigenvalue weighted by molar-refractivity contribution is 5.78. The van der Waals surface area contributed by atoms with Crippen molar-refractivity contribution >= 4 is 5.97 Å². The van der Waals surface area contributed by atoms with Crippen LogP contribution in [0.25, 0.3) is 11.1 Å². The van der Waals surface area contributed by atoms with Crippen LogP contribution in [0, 0.1) is 11.8 Å². The van der Waals surface area contributed by atoms with Gasteiger partial charge in [-0.3, -0.25) is 4.79 Å². The number of carboxylic acid groups (broad SMARTS) is 1. The van der Waals surface area contributed by atoms with Crippen LogP contribution >= 0.6 is 0 Å². The van der Waals surface area contributed by atoms with Crippen LogP contribution in [0.3, 0.4) is 0 Å². The Hall–Kier alpha value is -3.33. The van der Waals surface area contributed by atoms with Crippen molar-refractivity contribution in [3.8, 4) is 11.1 Å². The van der Waals surface area contributed by atoms with E-state index in [1.165, 1.54) is 12.1 Å². The second-order valence-electron chi connectivity index (χ2n) is 13.2. The highest BCUT2D eigenvalue weighted by Gasteiger charge is 2.31. The van der Waals surface area contributed by atoms with E-state index in [4.69, 9.17) is 0 Å². The number of piperidine rings is 1. The molecule has 2 unspecified atom stereocenters. The van der Waals surface area contributed by atoms with Gasteiger partial charge in [-0.1, -0.05) is 63.2 Å². The summed E-state index contributed by atoms with van der Waals surface area (Å²) in [7, 11) is 0. The number of benzene rings is 3. The van der Waals surface area contributed by atoms with Crippen molar-refractivity contribution in [3.63, 3.8) is 0 Å². The van der Waals surface area contributed by atoms with Crippen molar-refractivity contribution in [2.45, 2.75) is 83.5 Å². The Morgan fingerprint density at radius 2 is 1.39 bits per heavy atom. The molecule has 2 atom stereocenters. The molecule has 46 heavy (non-hydrogen) atoms. The second kappa shape index (κ2) is 15.1. The molecule has 0 bridgehead atoms. The molecule has 0 spiro atoms. The fraction of sp³-hybridized carbons (Fsp3) is 0.486. The summed E-state index contributed by atoms with van der Waals surface area (Å²) in [6.45, 7) is 8.76. The maximum Gasteiger partial charge on any atom is 0.416 e. The summed E-state index contributed by atoms with van der Waals surface area (Å²) < 4.78 is 78.1. The molecule has 0 saturated carbocycles. The first-order valence-corrected chi connectivity index (χ1v) is 16.0. The molecule has 3 nitrogen and oxygen atoms in total. The summed E-state index contributed by atoms with van der Waals surface area (Å²) in [5, 5.41) is 10.1.